The van der Waals surface area contributed by atoms with Gasteiger partial charge >= 0.3 is 5.70 Å². The van der Waals surface area contributed by atoms with Crippen molar-refractivity contribution in [2.45, 2.75) is 25.2 Å². The van der Waals surface area contributed by atoms with E-state index in [4.69, 9.17) is 11.6 Å². The smallest absolute Gasteiger partial charge is 0.303 e. The molecule has 0 amide bonds. The van der Waals surface area contributed by atoms with Gasteiger partial charge in [0.1, 0.15) is 11.2 Å². The van der Waals surface area contributed by atoms with Gasteiger partial charge in [0, 0.05) is 32.3 Å². The third kappa shape index (κ3) is 1.96. The van der Waals surface area contributed by atoms with Gasteiger partial charge in [-0.3, -0.25) is 15.4 Å². The van der Waals surface area contributed by atoms with Crippen LogP contribution in [0, 0.1) is 10.1 Å². The van der Waals surface area contributed by atoms with Gasteiger partial charge in [0.2, 0.25) is 0 Å². The van der Waals surface area contributed by atoms with Crippen LogP contribution in [0.5, 0.6) is 0 Å². The molecule has 2 atom stereocenters. The van der Waals surface area contributed by atoms with Crippen LogP contribution < -0.4 is 5.32 Å². The van der Waals surface area contributed by atoms with Gasteiger partial charge in [0.25, 0.3) is 0 Å². The van der Waals surface area contributed by atoms with E-state index >= 15 is 0 Å². The molecule has 1 aromatic rings. The quantitative estimate of drug-likeness (QED) is 0.510. The summed E-state index contributed by atoms with van der Waals surface area (Å²) in [5.74, 6) is 0.773. The number of nitrogens with one attached hydrogen (secondary N) is 1. The SMILES string of the molecule is O=[N+]([O-])C1=C2N(Cc3ccc(Cl)nc3)CCN2C2CC1N2. The van der Waals surface area contributed by atoms with Crippen molar-refractivity contribution in [2.75, 3.05) is 13.1 Å². The van der Waals surface area contributed by atoms with Crippen molar-refractivity contribution in [3.63, 3.8) is 0 Å². The number of nitrogens with zero attached hydrogens (tertiary/aromatic N) is 4. The van der Waals surface area contributed by atoms with Crippen LogP contribution in [0.2, 0.25) is 5.15 Å². The average molecular weight is 308 g/mol. The first-order chi connectivity index (χ1) is 10.1. The molecule has 4 aliphatic rings. The number of hydrogen-bond donors (Lipinski definition) is 1. The monoisotopic (exact) mass is 307 g/mol. The summed E-state index contributed by atoms with van der Waals surface area (Å²) in [7, 11) is 0. The second-order valence-electron chi connectivity index (χ2n) is 5.54. The molecular weight excluding hydrogens is 294 g/mol. The minimum Gasteiger partial charge on any atom is -0.347 e. The predicted molar refractivity (Wildman–Crippen MR) is 75.7 cm³/mol. The third-order valence-electron chi connectivity index (χ3n) is 4.33. The van der Waals surface area contributed by atoms with E-state index in [9.17, 15) is 10.1 Å². The lowest BCUT2D eigenvalue weighted by molar-refractivity contribution is -0.439. The Morgan fingerprint density at radius 1 is 1.48 bits per heavy atom. The van der Waals surface area contributed by atoms with Crippen molar-refractivity contribution in [1.29, 1.82) is 0 Å². The summed E-state index contributed by atoms with van der Waals surface area (Å²) < 4.78 is 0. The second-order valence-corrected chi connectivity index (χ2v) is 5.93. The molecule has 0 aliphatic carbocycles. The average Bonchev–Trinajstić information content (AvgIpc) is 2.83. The molecule has 0 spiro atoms. The second kappa shape index (κ2) is 4.57. The molecule has 2 unspecified atom stereocenters. The van der Waals surface area contributed by atoms with E-state index in [-0.39, 0.29) is 17.1 Å². The highest BCUT2D eigenvalue weighted by molar-refractivity contribution is 6.29. The van der Waals surface area contributed by atoms with Gasteiger partial charge in [0.15, 0.2) is 5.82 Å². The summed E-state index contributed by atoms with van der Waals surface area (Å²) in [6.45, 7) is 2.23. The summed E-state index contributed by atoms with van der Waals surface area (Å²) in [4.78, 5) is 19.4. The lowest BCUT2D eigenvalue weighted by Gasteiger charge is -2.47. The van der Waals surface area contributed by atoms with Crippen LogP contribution >= 0.6 is 11.6 Å². The van der Waals surface area contributed by atoms with Crippen molar-refractivity contribution in [1.82, 2.24) is 20.1 Å². The standard InChI is InChI=1S/C13H14ClN5O2/c14-10-2-1-8(6-15-10)7-17-3-4-18-11-5-9(16-11)12(13(17)18)19(20)21/h1-2,6,9,11,16H,3-5,7H2. The number of halogens is 1. The van der Waals surface area contributed by atoms with Crippen LogP contribution in [0.3, 0.4) is 0 Å². The fourth-order valence-electron chi connectivity index (χ4n) is 3.31. The summed E-state index contributed by atoms with van der Waals surface area (Å²) in [5.41, 5.74) is 1.31. The van der Waals surface area contributed by atoms with Gasteiger partial charge in [0.05, 0.1) is 11.1 Å². The molecule has 4 aliphatic heterocycles. The van der Waals surface area contributed by atoms with Gasteiger partial charge in [-0.2, -0.15) is 0 Å². The van der Waals surface area contributed by atoms with Crippen LogP contribution in [-0.4, -0.2) is 45.0 Å². The zero-order valence-corrected chi connectivity index (χ0v) is 12.0. The number of hydrogen-bond acceptors (Lipinski definition) is 6. The van der Waals surface area contributed by atoms with E-state index in [1.165, 1.54) is 0 Å². The minimum atomic E-state index is -0.242. The predicted octanol–water partition coefficient (Wildman–Crippen LogP) is 1.000. The molecule has 5 rings (SSSR count). The van der Waals surface area contributed by atoms with Gasteiger partial charge in [-0.15, -0.1) is 0 Å². The fourth-order valence-corrected chi connectivity index (χ4v) is 3.42. The van der Waals surface area contributed by atoms with Crippen LogP contribution in [0.4, 0.5) is 0 Å². The van der Waals surface area contributed by atoms with E-state index in [0.29, 0.717) is 17.4 Å². The Morgan fingerprint density at radius 3 is 2.95 bits per heavy atom. The van der Waals surface area contributed by atoms with Crippen LogP contribution in [-0.2, 0) is 6.54 Å². The maximum atomic E-state index is 11.4. The fraction of sp³-hybridized carbons (Fsp3) is 0.462. The zero-order valence-electron chi connectivity index (χ0n) is 11.2. The minimum absolute atomic E-state index is 0.111. The van der Waals surface area contributed by atoms with Gasteiger partial charge in [-0.1, -0.05) is 17.7 Å². The Morgan fingerprint density at radius 2 is 2.29 bits per heavy atom. The highest BCUT2D eigenvalue weighted by atomic mass is 35.5. The van der Waals surface area contributed by atoms with E-state index in [2.05, 4.69) is 20.1 Å². The molecule has 1 N–H and O–H groups in total. The van der Waals surface area contributed by atoms with Crippen LogP contribution in [0.1, 0.15) is 12.0 Å². The highest BCUT2D eigenvalue weighted by Gasteiger charge is 2.53. The molecule has 0 radical (unpaired) electrons. The van der Waals surface area contributed by atoms with Crippen LogP contribution in [0.25, 0.3) is 0 Å². The van der Waals surface area contributed by atoms with Crippen molar-refractivity contribution in [3.05, 3.63) is 50.7 Å². The molecule has 110 valence electrons. The normalized spacial score (nSPS) is 26.7. The molecule has 2 fully saturated rings. The summed E-state index contributed by atoms with van der Waals surface area (Å²) in [6.07, 6.45) is 2.80. The van der Waals surface area contributed by atoms with E-state index < -0.39 is 0 Å². The first kappa shape index (κ1) is 12.8. The molecule has 1 aromatic heterocycles. The highest BCUT2D eigenvalue weighted by Crippen LogP contribution is 2.39. The zero-order chi connectivity index (χ0) is 14.6. The molecule has 0 aromatic carbocycles. The Balaban J connectivity index is 1.65. The molecule has 2 bridgehead atoms. The van der Waals surface area contributed by atoms with E-state index in [0.717, 1.165) is 30.9 Å². The van der Waals surface area contributed by atoms with Crippen LogP contribution in [0.15, 0.2) is 29.8 Å². The largest absolute Gasteiger partial charge is 0.347 e. The summed E-state index contributed by atoms with van der Waals surface area (Å²) >= 11 is 5.79. The van der Waals surface area contributed by atoms with Gasteiger partial charge < -0.3 is 9.80 Å². The Hall–Kier alpha value is -1.86. The number of pyridine rings is 1. The molecule has 2 saturated heterocycles. The van der Waals surface area contributed by atoms with Crippen molar-refractivity contribution >= 4 is 11.6 Å². The first-order valence-electron chi connectivity index (χ1n) is 6.90. The Bertz CT molecular complexity index is 626. The molecular formula is C13H14ClN5O2. The Labute approximate surface area is 126 Å². The lowest BCUT2D eigenvalue weighted by atomic mass is 9.94. The van der Waals surface area contributed by atoms with Crippen molar-refractivity contribution in [2.24, 2.45) is 0 Å². The topological polar surface area (TPSA) is 74.5 Å². The molecule has 5 heterocycles. The van der Waals surface area contributed by atoms with Crippen molar-refractivity contribution in [3.8, 4) is 0 Å². The lowest BCUT2D eigenvalue weighted by Crippen LogP contribution is -2.66. The van der Waals surface area contributed by atoms with E-state index in [1.807, 2.05) is 6.07 Å². The first-order valence-corrected chi connectivity index (χ1v) is 7.28. The summed E-state index contributed by atoms with van der Waals surface area (Å²) in [5, 5.41) is 15.1. The molecule has 8 heteroatoms. The molecule has 0 saturated carbocycles. The van der Waals surface area contributed by atoms with Gasteiger partial charge in [-0.05, 0) is 11.6 Å². The maximum Gasteiger partial charge on any atom is 0.303 e. The number of nitro groups is 1. The summed E-state index contributed by atoms with van der Waals surface area (Å²) in [6, 6.07) is 3.54. The third-order valence-corrected chi connectivity index (χ3v) is 4.55. The number of rotatable bonds is 3. The number of aromatic nitrogens is 1. The van der Waals surface area contributed by atoms with E-state index in [1.54, 1.807) is 12.3 Å². The molecule has 21 heavy (non-hydrogen) atoms. The molecule has 7 nitrogen and oxygen atoms in total. The van der Waals surface area contributed by atoms with Crippen molar-refractivity contribution < 1.29 is 4.92 Å². The van der Waals surface area contributed by atoms with Gasteiger partial charge in [-0.25, -0.2) is 4.98 Å². The maximum absolute atomic E-state index is 11.4. The Kier molecular flexibility index (Phi) is 2.80.